The number of carbonyl (C=O) groups is 3. The Bertz CT molecular complexity index is 1150. The Morgan fingerprint density at radius 1 is 0.811 bits per heavy atom. The zero-order chi connectivity index (χ0) is 25.9. The van der Waals surface area contributed by atoms with Crippen LogP contribution in [-0.4, -0.2) is 46.8 Å². The molecule has 0 radical (unpaired) electrons. The minimum Gasteiger partial charge on any atom is -0.462 e. The van der Waals surface area contributed by atoms with Crippen molar-refractivity contribution < 1.29 is 19.1 Å². The standard InChI is InChI=1S/C31H32N2O4/c34-29-22-28(32(23-25-14-6-3-7-15-25)24-26-16-8-4-9-17-26)30(35)33(29)20-12-1-2-13-21-37-31(36)27-18-10-5-11-19-27/h1-11,14-19,28H,12-13,20-24H2/b2-1+/t28-/m0/s1. The monoisotopic (exact) mass is 496 g/mol. The number of imide groups is 1. The van der Waals surface area contributed by atoms with E-state index in [1.165, 1.54) is 4.90 Å². The molecule has 0 aliphatic carbocycles. The van der Waals surface area contributed by atoms with Crippen LogP contribution in [0.1, 0.15) is 40.7 Å². The van der Waals surface area contributed by atoms with Gasteiger partial charge in [-0.25, -0.2) is 4.79 Å². The van der Waals surface area contributed by atoms with Crippen molar-refractivity contribution in [1.82, 2.24) is 9.80 Å². The Morgan fingerprint density at radius 3 is 1.95 bits per heavy atom. The molecule has 0 spiro atoms. The first-order chi connectivity index (χ1) is 18.1. The third-order valence-electron chi connectivity index (χ3n) is 6.33. The second-order valence-corrected chi connectivity index (χ2v) is 9.03. The van der Waals surface area contributed by atoms with Gasteiger partial charge in [0.05, 0.1) is 24.6 Å². The molecule has 1 heterocycles. The highest BCUT2D eigenvalue weighted by Gasteiger charge is 2.41. The largest absolute Gasteiger partial charge is 0.462 e. The first-order valence-electron chi connectivity index (χ1n) is 12.6. The van der Waals surface area contributed by atoms with Gasteiger partial charge >= 0.3 is 5.97 Å². The number of esters is 1. The summed E-state index contributed by atoms with van der Waals surface area (Å²) in [5.41, 5.74) is 2.74. The number of nitrogens with zero attached hydrogens (tertiary/aromatic N) is 2. The van der Waals surface area contributed by atoms with Gasteiger partial charge in [-0.15, -0.1) is 0 Å². The van der Waals surface area contributed by atoms with Crippen LogP contribution in [0.3, 0.4) is 0 Å². The molecule has 4 rings (SSSR count). The molecule has 6 nitrogen and oxygen atoms in total. The summed E-state index contributed by atoms with van der Waals surface area (Å²) in [7, 11) is 0. The first-order valence-corrected chi connectivity index (χ1v) is 12.6. The summed E-state index contributed by atoms with van der Waals surface area (Å²) in [6.45, 7) is 1.81. The molecule has 0 aromatic heterocycles. The Balaban J connectivity index is 1.28. The van der Waals surface area contributed by atoms with Crippen molar-refractivity contribution in [2.75, 3.05) is 13.2 Å². The van der Waals surface area contributed by atoms with Gasteiger partial charge in [-0.3, -0.25) is 19.4 Å². The smallest absolute Gasteiger partial charge is 0.338 e. The summed E-state index contributed by atoms with van der Waals surface area (Å²) < 4.78 is 5.27. The molecule has 2 amide bonds. The van der Waals surface area contributed by atoms with Crippen LogP contribution in [0.2, 0.25) is 0 Å². The van der Waals surface area contributed by atoms with Gasteiger partial charge in [0.2, 0.25) is 11.8 Å². The number of carbonyl (C=O) groups excluding carboxylic acids is 3. The fourth-order valence-electron chi connectivity index (χ4n) is 4.41. The number of hydrogen-bond donors (Lipinski definition) is 0. The van der Waals surface area contributed by atoms with Gasteiger partial charge in [-0.1, -0.05) is 91.0 Å². The maximum absolute atomic E-state index is 13.3. The van der Waals surface area contributed by atoms with E-state index in [9.17, 15) is 14.4 Å². The van der Waals surface area contributed by atoms with E-state index in [2.05, 4.69) is 4.90 Å². The van der Waals surface area contributed by atoms with Crippen LogP contribution in [-0.2, 0) is 27.4 Å². The van der Waals surface area contributed by atoms with Crippen LogP contribution in [0.4, 0.5) is 0 Å². The number of rotatable bonds is 12. The van der Waals surface area contributed by atoms with Crippen molar-refractivity contribution in [2.45, 2.75) is 38.4 Å². The summed E-state index contributed by atoms with van der Waals surface area (Å²) >= 11 is 0. The summed E-state index contributed by atoms with van der Waals surface area (Å²) in [6.07, 6.45) is 5.17. The molecule has 6 heteroatoms. The normalized spacial score (nSPS) is 15.6. The lowest BCUT2D eigenvalue weighted by atomic mass is 10.1. The van der Waals surface area contributed by atoms with E-state index in [0.717, 1.165) is 11.1 Å². The highest BCUT2D eigenvalue weighted by molar-refractivity contribution is 6.05. The van der Waals surface area contributed by atoms with Crippen molar-refractivity contribution in [2.24, 2.45) is 0 Å². The van der Waals surface area contributed by atoms with E-state index in [1.54, 1.807) is 24.3 Å². The van der Waals surface area contributed by atoms with Crippen LogP contribution in [0.25, 0.3) is 0 Å². The van der Waals surface area contributed by atoms with E-state index in [0.29, 0.717) is 38.0 Å². The molecule has 0 N–H and O–H groups in total. The molecule has 1 atom stereocenters. The SMILES string of the molecule is O=C(OCC/C=C/CCN1C(=O)C[C@H](N(Cc2ccccc2)Cc2ccccc2)C1=O)c1ccccc1. The lowest BCUT2D eigenvalue weighted by molar-refractivity contribution is -0.139. The number of hydrogen-bond acceptors (Lipinski definition) is 5. The predicted octanol–water partition coefficient (Wildman–Crippen LogP) is 5.01. The molecule has 1 aliphatic heterocycles. The molecule has 37 heavy (non-hydrogen) atoms. The van der Waals surface area contributed by atoms with Crippen LogP contribution in [0, 0.1) is 0 Å². The van der Waals surface area contributed by atoms with Gasteiger partial charge < -0.3 is 4.74 Å². The van der Waals surface area contributed by atoms with E-state index < -0.39 is 6.04 Å². The highest BCUT2D eigenvalue weighted by atomic mass is 16.5. The summed E-state index contributed by atoms with van der Waals surface area (Å²) in [4.78, 5) is 41.5. The van der Waals surface area contributed by atoms with Crippen molar-refractivity contribution >= 4 is 17.8 Å². The predicted molar refractivity (Wildman–Crippen MR) is 142 cm³/mol. The lowest BCUT2D eigenvalue weighted by Crippen LogP contribution is -2.41. The number of likely N-dealkylation sites (tertiary alicyclic amines) is 1. The molecular formula is C31H32N2O4. The third kappa shape index (κ3) is 7.48. The van der Waals surface area contributed by atoms with E-state index in [4.69, 9.17) is 4.74 Å². The van der Waals surface area contributed by atoms with Gasteiger partial charge in [-0.05, 0) is 36.1 Å². The van der Waals surface area contributed by atoms with Crippen molar-refractivity contribution in [1.29, 1.82) is 0 Å². The van der Waals surface area contributed by atoms with Crippen LogP contribution in [0.5, 0.6) is 0 Å². The van der Waals surface area contributed by atoms with Crippen LogP contribution in [0.15, 0.2) is 103 Å². The van der Waals surface area contributed by atoms with Gasteiger partial charge in [0.1, 0.15) is 0 Å². The third-order valence-corrected chi connectivity index (χ3v) is 6.33. The topological polar surface area (TPSA) is 66.9 Å². The molecule has 1 aliphatic rings. The summed E-state index contributed by atoms with van der Waals surface area (Å²) in [5.74, 6) is -0.614. The average Bonchev–Trinajstić information content (AvgIpc) is 3.22. The highest BCUT2D eigenvalue weighted by Crippen LogP contribution is 2.23. The maximum Gasteiger partial charge on any atom is 0.338 e. The second-order valence-electron chi connectivity index (χ2n) is 9.03. The summed E-state index contributed by atoms with van der Waals surface area (Å²) in [5, 5.41) is 0. The van der Waals surface area contributed by atoms with Crippen molar-refractivity contribution in [3.05, 3.63) is 120 Å². The fourth-order valence-corrected chi connectivity index (χ4v) is 4.41. The Kier molecular flexibility index (Phi) is 9.38. The molecule has 0 saturated carbocycles. The maximum atomic E-state index is 13.3. The first kappa shape index (κ1) is 26.0. The number of amides is 2. The number of benzene rings is 3. The molecule has 1 saturated heterocycles. The zero-order valence-electron chi connectivity index (χ0n) is 20.9. The van der Waals surface area contributed by atoms with Gasteiger partial charge in [-0.2, -0.15) is 0 Å². The minimum atomic E-state index is -0.478. The molecule has 0 bridgehead atoms. The van der Waals surface area contributed by atoms with Crippen LogP contribution < -0.4 is 0 Å². The Morgan fingerprint density at radius 2 is 1.35 bits per heavy atom. The van der Waals surface area contributed by atoms with Gasteiger partial charge in [0, 0.05) is 19.6 Å². The minimum absolute atomic E-state index is 0.133. The van der Waals surface area contributed by atoms with Gasteiger partial charge in [0.15, 0.2) is 0 Å². The average molecular weight is 497 g/mol. The molecule has 3 aromatic carbocycles. The molecule has 1 fully saturated rings. The fraction of sp³-hybridized carbons (Fsp3) is 0.258. The van der Waals surface area contributed by atoms with Gasteiger partial charge in [0.25, 0.3) is 0 Å². The zero-order valence-corrected chi connectivity index (χ0v) is 20.9. The quantitative estimate of drug-likeness (QED) is 0.153. The van der Waals surface area contributed by atoms with Crippen molar-refractivity contribution in [3.8, 4) is 0 Å². The molecule has 0 unspecified atom stereocenters. The van der Waals surface area contributed by atoms with Crippen LogP contribution >= 0.6 is 0 Å². The second kappa shape index (κ2) is 13.3. The van der Waals surface area contributed by atoms with E-state index in [1.807, 2.05) is 78.9 Å². The van der Waals surface area contributed by atoms with Crippen molar-refractivity contribution in [3.63, 3.8) is 0 Å². The molecule has 3 aromatic rings. The molecular weight excluding hydrogens is 464 g/mol. The lowest BCUT2D eigenvalue weighted by Gasteiger charge is -2.27. The summed E-state index contributed by atoms with van der Waals surface area (Å²) in [6, 6.07) is 28.4. The number of ether oxygens (including phenoxy) is 1. The Labute approximate surface area is 218 Å². The van der Waals surface area contributed by atoms with E-state index >= 15 is 0 Å². The van der Waals surface area contributed by atoms with E-state index in [-0.39, 0.29) is 30.8 Å². The molecule has 190 valence electrons. The Hall–Kier alpha value is -4.03.